The van der Waals surface area contributed by atoms with Crippen molar-refractivity contribution in [3.8, 4) is 0 Å². The second kappa shape index (κ2) is 20.7. The Morgan fingerprint density at radius 1 is 1.15 bits per heavy atom. The minimum Gasteiger partial charge on any atom is -0.319 e. The van der Waals surface area contributed by atoms with E-state index in [4.69, 9.17) is 0 Å². The summed E-state index contributed by atoms with van der Waals surface area (Å²) < 4.78 is 0. The van der Waals surface area contributed by atoms with Crippen LogP contribution in [0.2, 0.25) is 0 Å². The number of fused-ring (bicyclic) bond motifs is 4. The smallest absolute Gasteiger partial charge is 0.150 e. The van der Waals surface area contributed by atoms with Crippen molar-refractivity contribution < 1.29 is 4.79 Å². The summed E-state index contributed by atoms with van der Waals surface area (Å²) >= 11 is 3.53. The third kappa shape index (κ3) is 13.7. The van der Waals surface area contributed by atoms with Gasteiger partial charge in [-0.3, -0.25) is 9.69 Å². The summed E-state index contributed by atoms with van der Waals surface area (Å²) in [5, 5.41) is 3.12. The normalized spacial score (nSPS) is 20.3. The van der Waals surface area contributed by atoms with Crippen molar-refractivity contribution in [3.05, 3.63) is 95.6 Å². The van der Waals surface area contributed by atoms with E-state index in [2.05, 4.69) is 80.2 Å². The summed E-state index contributed by atoms with van der Waals surface area (Å²) in [5.74, 6) is 1.69. The van der Waals surface area contributed by atoms with Gasteiger partial charge in [-0.2, -0.15) is 12.6 Å². The maximum absolute atomic E-state index is 10.9. The van der Waals surface area contributed by atoms with Crippen molar-refractivity contribution in [2.75, 3.05) is 32.9 Å². The molecule has 0 spiro atoms. The topological polar surface area (TPSA) is 32.3 Å². The average molecular weight is 551 g/mol. The molecule has 2 bridgehead atoms. The number of nitrogens with zero attached hydrogens (tertiary/aromatic N) is 1. The van der Waals surface area contributed by atoms with Crippen molar-refractivity contribution in [1.82, 2.24) is 10.2 Å². The summed E-state index contributed by atoms with van der Waals surface area (Å²) in [5.41, 5.74) is 6.39. The van der Waals surface area contributed by atoms with Crippen LogP contribution in [-0.2, 0) is 6.42 Å². The number of thiol groups is 1. The quantitative estimate of drug-likeness (QED) is 0.174. The second-order valence-corrected chi connectivity index (χ2v) is 10.6. The van der Waals surface area contributed by atoms with E-state index in [-0.39, 0.29) is 0 Å². The molecule has 1 saturated carbocycles. The number of carbonyl (C=O) groups excluding carboxylic acids is 1. The number of piperidine rings is 1. The number of benzene rings is 1. The molecule has 39 heavy (non-hydrogen) atoms. The highest BCUT2D eigenvalue weighted by Crippen LogP contribution is 2.41. The molecule has 0 aromatic heterocycles. The number of nitrogens with one attached hydrogen (secondary N) is 1. The third-order valence-corrected chi connectivity index (χ3v) is 7.45. The van der Waals surface area contributed by atoms with Crippen LogP contribution in [-0.4, -0.2) is 50.2 Å². The van der Waals surface area contributed by atoms with Gasteiger partial charge in [0.15, 0.2) is 0 Å². The zero-order valence-corrected chi connectivity index (χ0v) is 26.2. The Balaban J connectivity index is 0.000000326. The molecule has 1 saturated heterocycles. The zero-order chi connectivity index (χ0) is 29.0. The van der Waals surface area contributed by atoms with Crippen LogP contribution >= 0.6 is 12.6 Å². The lowest BCUT2D eigenvalue weighted by atomic mass is 9.75. The van der Waals surface area contributed by atoms with Crippen LogP contribution in [0.25, 0.3) is 0 Å². The number of rotatable bonds is 10. The molecule has 1 aliphatic heterocycles. The molecular formula is C35H54N2OS. The fourth-order valence-electron chi connectivity index (χ4n) is 5.00. The summed E-state index contributed by atoms with van der Waals surface area (Å²) in [6.07, 6.45) is 23.5. The monoisotopic (exact) mass is 550 g/mol. The molecule has 1 aromatic carbocycles. The molecule has 0 radical (unpaired) electrons. The van der Waals surface area contributed by atoms with E-state index in [1.807, 2.05) is 26.1 Å². The Hall–Kier alpha value is -2.14. The molecule has 0 amide bonds. The van der Waals surface area contributed by atoms with Crippen LogP contribution in [0.3, 0.4) is 0 Å². The average Bonchev–Trinajstić information content (AvgIpc) is 3.79. The molecule has 3 aliphatic rings. The zero-order valence-electron chi connectivity index (χ0n) is 25.3. The molecule has 4 rings (SSSR count). The number of allylic oxidation sites excluding steroid dienone is 7. The Labute approximate surface area is 245 Å². The Kier molecular flexibility index (Phi) is 18.5. The molecule has 4 heteroatoms. The molecule has 2 atom stereocenters. The van der Waals surface area contributed by atoms with Gasteiger partial charge >= 0.3 is 0 Å². The standard InChI is InChI=1S/C17H21NO.C10H19N.C7H10.CH4S/c19-11-13-3-4-14-8-16-9-15(17(14)7-13)5-6-18(16)10-12-1-2-12;1-4-5-6-7-10(2)8-9-11-3;1-4-6-7(3)5-2;1-2/h3-4,7,11-12,15-16H,1-2,5-6,8-10H2;5-7,11H,4,8-9H2,1-3H3;4-6H,1-2H2,3H3;2H,1H3/b;6-5-,10-7+;7-6-;. The molecule has 2 fully saturated rings. The van der Waals surface area contributed by atoms with Crippen molar-refractivity contribution in [2.24, 2.45) is 5.92 Å². The first-order chi connectivity index (χ1) is 18.9. The van der Waals surface area contributed by atoms with Gasteiger partial charge in [-0.25, -0.2) is 0 Å². The van der Waals surface area contributed by atoms with Crippen LogP contribution in [0.5, 0.6) is 0 Å². The lowest BCUT2D eigenvalue weighted by molar-refractivity contribution is 0.112. The minimum atomic E-state index is 0.698. The Morgan fingerprint density at radius 3 is 2.46 bits per heavy atom. The largest absolute Gasteiger partial charge is 0.319 e. The molecule has 1 heterocycles. The lowest BCUT2D eigenvalue weighted by Gasteiger charge is -2.44. The van der Waals surface area contributed by atoms with Crippen LogP contribution in [0.15, 0.2) is 79.0 Å². The van der Waals surface area contributed by atoms with E-state index >= 15 is 0 Å². The van der Waals surface area contributed by atoms with Crippen molar-refractivity contribution in [3.63, 3.8) is 0 Å². The van der Waals surface area contributed by atoms with E-state index in [0.29, 0.717) is 5.92 Å². The fourth-order valence-corrected chi connectivity index (χ4v) is 5.00. The van der Waals surface area contributed by atoms with Crippen molar-refractivity contribution in [1.29, 1.82) is 0 Å². The molecule has 3 nitrogen and oxygen atoms in total. The van der Waals surface area contributed by atoms with Gasteiger partial charge < -0.3 is 5.32 Å². The SMILES string of the molecule is C=C/C=C(/C)C=C.CC/C=C\C=C(/C)CCNC.CS.O=Cc1ccc2c(c1)C1CCN(CC3CC3)C(C2)C1. The Bertz CT molecular complexity index is 957. The fraction of sp³-hybridized carbons (Fsp3) is 0.514. The summed E-state index contributed by atoms with van der Waals surface area (Å²) in [6.45, 7) is 17.0. The summed E-state index contributed by atoms with van der Waals surface area (Å²) in [7, 11) is 1.98. The number of carbonyl (C=O) groups is 1. The van der Waals surface area contributed by atoms with Gasteiger partial charge in [0.25, 0.3) is 0 Å². The first-order valence-corrected chi connectivity index (χ1v) is 15.5. The predicted octanol–water partition coefficient (Wildman–Crippen LogP) is 8.37. The van der Waals surface area contributed by atoms with E-state index in [0.717, 1.165) is 48.8 Å². The van der Waals surface area contributed by atoms with Gasteiger partial charge in [0.1, 0.15) is 6.29 Å². The summed E-state index contributed by atoms with van der Waals surface area (Å²) in [6, 6.07) is 7.07. The van der Waals surface area contributed by atoms with Crippen LogP contribution < -0.4 is 5.32 Å². The maximum atomic E-state index is 10.9. The predicted molar refractivity (Wildman–Crippen MR) is 176 cm³/mol. The van der Waals surface area contributed by atoms with Crippen molar-refractivity contribution >= 4 is 18.9 Å². The lowest BCUT2D eigenvalue weighted by Crippen LogP contribution is -2.46. The van der Waals surface area contributed by atoms with Gasteiger partial charge in [-0.05, 0) is 114 Å². The summed E-state index contributed by atoms with van der Waals surface area (Å²) in [4.78, 5) is 13.7. The second-order valence-electron chi connectivity index (χ2n) is 10.6. The highest BCUT2D eigenvalue weighted by atomic mass is 32.1. The van der Waals surface area contributed by atoms with Gasteiger partial charge in [0, 0.05) is 18.2 Å². The molecule has 216 valence electrons. The van der Waals surface area contributed by atoms with E-state index in [1.54, 1.807) is 18.4 Å². The maximum Gasteiger partial charge on any atom is 0.150 e. The molecule has 1 aromatic rings. The highest BCUT2D eigenvalue weighted by Gasteiger charge is 2.37. The van der Waals surface area contributed by atoms with Gasteiger partial charge in [-0.1, -0.05) is 79.8 Å². The van der Waals surface area contributed by atoms with Crippen LogP contribution in [0.4, 0.5) is 0 Å². The number of hydrogen-bond acceptors (Lipinski definition) is 4. The molecule has 1 N–H and O–H groups in total. The van der Waals surface area contributed by atoms with Gasteiger partial charge in [0.05, 0.1) is 0 Å². The van der Waals surface area contributed by atoms with Crippen molar-refractivity contribution in [2.45, 2.75) is 77.7 Å². The van der Waals surface area contributed by atoms with Gasteiger partial charge in [0.2, 0.25) is 0 Å². The molecule has 2 unspecified atom stereocenters. The van der Waals surface area contributed by atoms with E-state index < -0.39 is 0 Å². The minimum absolute atomic E-state index is 0.698. The first-order valence-electron chi connectivity index (χ1n) is 14.6. The molecular weight excluding hydrogens is 496 g/mol. The molecule has 2 aliphatic carbocycles. The number of hydrogen-bond donors (Lipinski definition) is 2. The van der Waals surface area contributed by atoms with Gasteiger partial charge in [-0.15, -0.1) is 0 Å². The van der Waals surface area contributed by atoms with E-state index in [9.17, 15) is 4.79 Å². The van der Waals surface area contributed by atoms with Crippen LogP contribution in [0.1, 0.15) is 86.7 Å². The highest BCUT2D eigenvalue weighted by molar-refractivity contribution is 7.79. The number of aldehydes is 1. The third-order valence-electron chi connectivity index (χ3n) is 7.45. The first kappa shape index (κ1) is 34.9. The Morgan fingerprint density at radius 2 is 1.90 bits per heavy atom. The van der Waals surface area contributed by atoms with Crippen LogP contribution in [0, 0.1) is 5.92 Å². The van der Waals surface area contributed by atoms with E-state index in [1.165, 1.54) is 61.9 Å². The number of likely N-dealkylation sites (tertiary alicyclic amines) is 1.